The first kappa shape index (κ1) is 23.7. The van der Waals surface area contributed by atoms with Crippen molar-refractivity contribution in [3.8, 4) is 5.75 Å². The molecule has 4 aliphatic rings. The predicted octanol–water partition coefficient (Wildman–Crippen LogP) is 3.12. The molecular formula is C25H34FN3O4. The molecule has 0 spiro atoms. The van der Waals surface area contributed by atoms with Crippen LogP contribution in [-0.4, -0.2) is 53.3 Å². The Hall–Kier alpha value is -2.42. The number of pyridine rings is 1. The van der Waals surface area contributed by atoms with E-state index in [1.807, 2.05) is 45.2 Å². The maximum atomic E-state index is 13.3. The van der Waals surface area contributed by atoms with E-state index in [1.165, 1.54) is 5.56 Å². The minimum absolute atomic E-state index is 0.158. The van der Waals surface area contributed by atoms with Crippen LogP contribution in [0.2, 0.25) is 0 Å². The molecular weight excluding hydrogens is 425 g/mol. The van der Waals surface area contributed by atoms with Crippen molar-refractivity contribution in [1.82, 2.24) is 10.3 Å². The largest absolute Gasteiger partial charge is 0.484 e. The zero-order valence-electron chi connectivity index (χ0n) is 19.6. The molecule has 2 atom stereocenters. The second-order valence-electron chi connectivity index (χ2n) is 8.91. The van der Waals surface area contributed by atoms with Crippen molar-refractivity contribution in [2.45, 2.75) is 70.0 Å². The summed E-state index contributed by atoms with van der Waals surface area (Å²) in [7, 11) is 0. The third kappa shape index (κ3) is 4.27. The van der Waals surface area contributed by atoms with Crippen molar-refractivity contribution in [3.05, 3.63) is 47.4 Å². The molecule has 1 aliphatic carbocycles. The number of hydrogen-bond acceptors (Lipinski definition) is 7. The third-order valence-electron chi connectivity index (χ3n) is 6.80. The molecule has 1 saturated carbocycles. The summed E-state index contributed by atoms with van der Waals surface area (Å²) in [4.78, 5) is 4.52. The van der Waals surface area contributed by atoms with E-state index >= 15 is 0 Å². The van der Waals surface area contributed by atoms with E-state index in [4.69, 9.17) is 19.9 Å². The van der Waals surface area contributed by atoms with E-state index in [0.29, 0.717) is 37.5 Å². The molecule has 8 heteroatoms. The molecule has 0 amide bonds. The highest BCUT2D eigenvalue weighted by molar-refractivity contribution is 5.84. The van der Waals surface area contributed by atoms with Crippen molar-refractivity contribution in [1.29, 1.82) is 0 Å². The lowest BCUT2D eigenvalue weighted by atomic mass is 9.66. The van der Waals surface area contributed by atoms with E-state index in [0.717, 1.165) is 22.9 Å². The zero-order valence-corrected chi connectivity index (χ0v) is 19.6. The standard InChI is InChI=1S/C23H28FN3O4.C2H6/c1-14(19(25)8-27-23-11-22(12-23,13-24)31-21(23)9-28)30-16-2-3-20-18(6-16)17-4-5-29-10-15(17)7-26-20;1-2/h2-3,6-8,14,21,27-28H,4-5,9-13,25H2,1H3;1-2H3/b19-8-;. The van der Waals surface area contributed by atoms with Crippen LogP contribution in [-0.2, 0) is 22.5 Å². The Bertz CT molecular complexity index is 1020. The quantitative estimate of drug-likeness (QED) is 0.585. The Labute approximate surface area is 194 Å². The molecule has 0 radical (unpaired) electrons. The molecule has 1 aromatic carbocycles. The molecule has 3 aliphatic heterocycles. The van der Waals surface area contributed by atoms with Gasteiger partial charge in [-0.15, -0.1) is 0 Å². The van der Waals surface area contributed by atoms with E-state index in [9.17, 15) is 9.50 Å². The van der Waals surface area contributed by atoms with Crippen LogP contribution in [0.1, 0.15) is 44.7 Å². The zero-order chi connectivity index (χ0) is 23.6. The molecule has 4 heterocycles. The Balaban J connectivity index is 0.00000126. The fourth-order valence-electron chi connectivity index (χ4n) is 5.09. The molecule has 2 aromatic rings. The smallest absolute Gasteiger partial charge is 0.136 e. The van der Waals surface area contributed by atoms with Gasteiger partial charge in [-0.05, 0) is 42.7 Å². The first-order valence-electron chi connectivity index (χ1n) is 11.7. The summed E-state index contributed by atoms with van der Waals surface area (Å²) in [6, 6.07) is 5.86. The van der Waals surface area contributed by atoms with Crippen LogP contribution in [0, 0.1) is 0 Å². The Morgan fingerprint density at radius 2 is 2.21 bits per heavy atom. The number of aliphatic hydroxyl groups excluding tert-OH is 1. The predicted molar refractivity (Wildman–Crippen MR) is 125 cm³/mol. The highest BCUT2D eigenvalue weighted by Crippen LogP contribution is 2.55. The van der Waals surface area contributed by atoms with Gasteiger partial charge in [-0.25, -0.2) is 4.39 Å². The number of ether oxygens (including phenoxy) is 3. The average molecular weight is 460 g/mol. The second-order valence-corrected chi connectivity index (χ2v) is 8.91. The molecule has 4 N–H and O–H groups in total. The van der Waals surface area contributed by atoms with Gasteiger partial charge in [0.15, 0.2) is 0 Å². The SMILES string of the molecule is CC.CC(Oc1ccc2ncc3c(c2c1)CCOC3)/C(N)=C/NC12CC(CF)(C1)OC2CO. The van der Waals surface area contributed by atoms with Crippen molar-refractivity contribution >= 4 is 10.9 Å². The fourth-order valence-corrected chi connectivity index (χ4v) is 5.09. The topological polar surface area (TPSA) is 98.9 Å². The molecule has 6 rings (SSSR count). The van der Waals surface area contributed by atoms with Crippen LogP contribution >= 0.6 is 0 Å². The van der Waals surface area contributed by atoms with Crippen LogP contribution in [0.3, 0.4) is 0 Å². The van der Waals surface area contributed by atoms with Gasteiger partial charge in [0, 0.05) is 30.6 Å². The number of benzene rings is 1. The van der Waals surface area contributed by atoms with E-state index in [2.05, 4.69) is 10.3 Å². The van der Waals surface area contributed by atoms with Crippen LogP contribution in [0.5, 0.6) is 5.75 Å². The normalized spacial score (nSPS) is 28.9. The number of hydrogen-bond donors (Lipinski definition) is 3. The number of nitrogens with two attached hydrogens (primary N) is 1. The Kier molecular flexibility index (Phi) is 6.79. The summed E-state index contributed by atoms with van der Waals surface area (Å²) < 4.78 is 30.6. The minimum atomic E-state index is -0.756. The summed E-state index contributed by atoms with van der Waals surface area (Å²) in [5, 5.41) is 14.0. The summed E-state index contributed by atoms with van der Waals surface area (Å²) >= 11 is 0. The van der Waals surface area contributed by atoms with Gasteiger partial charge in [0.25, 0.3) is 0 Å². The molecule has 180 valence electrons. The van der Waals surface area contributed by atoms with Crippen molar-refractivity contribution in [2.75, 3.05) is 19.9 Å². The van der Waals surface area contributed by atoms with Crippen molar-refractivity contribution in [2.24, 2.45) is 5.73 Å². The van der Waals surface area contributed by atoms with Gasteiger partial charge in [-0.3, -0.25) is 4.98 Å². The van der Waals surface area contributed by atoms with E-state index < -0.39 is 23.9 Å². The van der Waals surface area contributed by atoms with Crippen LogP contribution in [0.25, 0.3) is 10.9 Å². The number of fused-ring (bicyclic) bond motifs is 4. The Morgan fingerprint density at radius 1 is 1.42 bits per heavy atom. The van der Waals surface area contributed by atoms with Crippen LogP contribution in [0.4, 0.5) is 4.39 Å². The van der Waals surface area contributed by atoms with Crippen LogP contribution in [0.15, 0.2) is 36.3 Å². The van der Waals surface area contributed by atoms with Gasteiger partial charge in [0.05, 0.1) is 36.6 Å². The summed E-state index contributed by atoms with van der Waals surface area (Å²) in [6.07, 6.45) is 4.67. The van der Waals surface area contributed by atoms with Crippen LogP contribution < -0.4 is 15.8 Å². The maximum absolute atomic E-state index is 13.3. The lowest BCUT2D eigenvalue weighted by Crippen LogP contribution is -2.60. The average Bonchev–Trinajstić information content (AvgIpc) is 3.34. The van der Waals surface area contributed by atoms with Gasteiger partial charge in [-0.1, -0.05) is 13.8 Å². The number of nitrogens with one attached hydrogen (secondary N) is 1. The molecule has 33 heavy (non-hydrogen) atoms. The summed E-state index contributed by atoms with van der Waals surface area (Å²) in [6.45, 7) is 6.47. The number of aromatic nitrogens is 1. The monoisotopic (exact) mass is 459 g/mol. The number of nitrogens with zero attached hydrogens (tertiary/aromatic N) is 1. The highest BCUT2D eigenvalue weighted by Gasteiger charge is 2.67. The number of alkyl halides is 1. The molecule has 2 unspecified atom stereocenters. The van der Waals surface area contributed by atoms with E-state index in [1.54, 1.807) is 6.20 Å². The van der Waals surface area contributed by atoms with Crippen molar-refractivity contribution in [3.63, 3.8) is 0 Å². The minimum Gasteiger partial charge on any atom is -0.484 e. The molecule has 7 nitrogen and oxygen atoms in total. The highest BCUT2D eigenvalue weighted by atomic mass is 19.1. The maximum Gasteiger partial charge on any atom is 0.136 e. The molecule has 3 fully saturated rings. The van der Waals surface area contributed by atoms with E-state index in [-0.39, 0.29) is 12.7 Å². The van der Waals surface area contributed by atoms with Gasteiger partial charge in [0.1, 0.15) is 30.2 Å². The van der Waals surface area contributed by atoms with Crippen molar-refractivity contribution < 1.29 is 23.7 Å². The van der Waals surface area contributed by atoms with Gasteiger partial charge < -0.3 is 30.4 Å². The second kappa shape index (κ2) is 9.44. The lowest BCUT2D eigenvalue weighted by molar-refractivity contribution is -0.0519. The first-order chi connectivity index (χ1) is 16.0. The van der Waals surface area contributed by atoms with Gasteiger partial charge in [-0.2, -0.15) is 0 Å². The summed E-state index contributed by atoms with van der Waals surface area (Å²) in [5.74, 6) is 0.716. The number of rotatable bonds is 7. The number of halogens is 1. The molecule has 1 aromatic heterocycles. The fraction of sp³-hybridized carbons (Fsp3) is 0.560. The molecule has 2 saturated heterocycles. The first-order valence-corrected chi connectivity index (χ1v) is 11.7. The third-order valence-corrected chi connectivity index (χ3v) is 6.80. The van der Waals surface area contributed by atoms with Gasteiger partial charge in [0.2, 0.25) is 0 Å². The summed E-state index contributed by atoms with van der Waals surface area (Å²) in [5.41, 5.74) is 8.86. The Morgan fingerprint density at radius 3 is 2.94 bits per heavy atom. The lowest BCUT2D eigenvalue weighted by Gasteiger charge is -2.44. The molecule has 2 bridgehead atoms. The van der Waals surface area contributed by atoms with Gasteiger partial charge >= 0.3 is 0 Å². The number of aliphatic hydroxyl groups is 1.